The lowest BCUT2D eigenvalue weighted by Gasteiger charge is -2.22. The fourth-order valence-electron chi connectivity index (χ4n) is 2.75. The first-order valence-corrected chi connectivity index (χ1v) is 7.87. The van der Waals surface area contributed by atoms with Crippen LogP contribution in [0, 0.1) is 5.92 Å². The molecule has 2 rings (SSSR count). The third-order valence-electron chi connectivity index (χ3n) is 4.00. The number of amides is 2. The third-order valence-corrected chi connectivity index (χ3v) is 4.25. The molecular weight excluding hydrogens is 337 g/mol. The van der Waals surface area contributed by atoms with E-state index in [0.29, 0.717) is 24.0 Å². The van der Waals surface area contributed by atoms with Crippen LogP contribution in [0.3, 0.4) is 0 Å². The lowest BCUT2D eigenvalue weighted by molar-refractivity contribution is -0.131. The Kier molecular flexibility index (Phi) is 7.82. The number of nitrogens with zero attached hydrogens (tertiary/aromatic N) is 1. The van der Waals surface area contributed by atoms with Gasteiger partial charge in [-0.1, -0.05) is 23.7 Å². The average Bonchev–Trinajstić information content (AvgIpc) is 2.96. The van der Waals surface area contributed by atoms with Crippen LogP contribution in [0.2, 0.25) is 5.02 Å². The van der Waals surface area contributed by atoms with E-state index in [9.17, 15) is 9.59 Å². The molecule has 1 aliphatic rings. The highest BCUT2D eigenvalue weighted by Gasteiger charge is 2.27. The van der Waals surface area contributed by atoms with Crippen LogP contribution in [0.15, 0.2) is 24.3 Å². The molecule has 0 aliphatic carbocycles. The molecule has 1 aromatic rings. The van der Waals surface area contributed by atoms with Gasteiger partial charge in [0.05, 0.1) is 12.5 Å². The van der Waals surface area contributed by atoms with E-state index in [2.05, 4.69) is 5.32 Å². The van der Waals surface area contributed by atoms with Crippen LogP contribution in [-0.2, 0) is 9.59 Å². The predicted molar refractivity (Wildman–Crippen MR) is 93.6 cm³/mol. The number of nitrogens with one attached hydrogen (secondary N) is 1. The van der Waals surface area contributed by atoms with Gasteiger partial charge in [-0.3, -0.25) is 9.59 Å². The van der Waals surface area contributed by atoms with Crippen molar-refractivity contribution >= 4 is 35.8 Å². The first-order chi connectivity index (χ1) is 10.5. The van der Waals surface area contributed by atoms with Crippen molar-refractivity contribution in [1.29, 1.82) is 0 Å². The maximum atomic E-state index is 12.4. The van der Waals surface area contributed by atoms with Gasteiger partial charge in [-0.2, -0.15) is 0 Å². The molecule has 23 heavy (non-hydrogen) atoms. The van der Waals surface area contributed by atoms with E-state index in [0.717, 1.165) is 18.5 Å². The maximum Gasteiger partial charge on any atom is 0.224 e. The van der Waals surface area contributed by atoms with Gasteiger partial charge in [-0.15, -0.1) is 12.4 Å². The molecule has 0 spiro atoms. The normalized spacial score (nSPS) is 18.2. The molecule has 2 amide bonds. The maximum absolute atomic E-state index is 12.4. The molecule has 1 aliphatic heterocycles. The minimum absolute atomic E-state index is 0. The van der Waals surface area contributed by atoms with Crippen LogP contribution in [0.5, 0.6) is 0 Å². The fourth-order valence-corrected chi connectivity index (χ4v) is 2.87. The Balaban J connectivity index is 0.00000264. The van der Waals surface area contributed by atoms with Crippen LogP contribution in [-0.4, -0.2) is 36.3 Å². The highest BCUT2D eigenvalue weighted by Crippen LogP contribution is 2.23. The third kappa shape index (κ3) is 5.68. The summed E-state index contributed by atoms with van der Waals surface area (Å²) >= 11 is 5.89. The number of benzene rings is 1. The summed E-state index contributed by atoms with van der Waals surface area (Å²) < 4.78 is 0. The topological polar surface area (TPSA) is 75.4 Å². The Hall–Kier alpha value is -1.30. The summed E-state index contributed by atoms with van der Waals surface area (Å²) in [5, 5.41) is 3.47. The van der Waals surface area contributed by atoms with Gasteiger partial charge in [0.25, 0.3) is 0 Å². The largest absolute Gasteiger partial charge is 0.349 e. The fraction of sp³-hybridized carbons (Fsp3) is 0.500. The van der Waals surface area contributed by atoms with Crippen molar-refractivity contribution in [2.24, 2.45) is 11.7 Å². The quantitative estimate of drug-likeness (QED) is 0.845. The van der Waals surface area contributed by atoms with E-state index < -0.39 is 0 Å². The number of hydrogen-bond donors (Lipinski definition) is 2. The zero-order valence-corrected chi connectivity index (χ0v) is 14.7. The second-order valence-corrected chi connectivity index (χ2v) is 6.18. The lowest BCUT2D eigenvalue weighted by atomic mass is 10.0. The standard InChI is InChI=1S/C16H22ClN3O2.ClH/c1-11(21)19-15(13-2-4-14(17)5-3-13)8-16(22)20-7-6-12(9-18)10-20;/h2-5,12,15H,6-10,18H2,1H3,(H,19,21);1H. The molecule has 7 heteroatoms. The summed E-state index contributed by atoms with van der Waals surface area (Å²) in [4.78, 5) is 25.7. The zero-order valence-electron chi connectivity index (χ0n) is 13.1. The van der Waals surface area contributed by atoms with Gasteiger partial charge in [0.15, 0.2) is 0 Å². The van der Waals surface area contributed by atoms with Crippen molar-refractivity contribution in [3.8, 4) is 0 Å². The molecule has 5 nitrogen and oxygen atoms in total. The summed E-state index contributed by atoms with van der Waals surface area (Å²) in [5.41, 5.74) is 6.54. The number of carbonyl (C=O) groups is 2. The van der Waals surface area contributed by atoms with Crippen LogP contribution in [0.4, 0.5) is 0 Å². The Bertz CT molecular complexity index is 537. The molecule has 2 unspecified atom stereocenters. The van der Waals surface area contributed by atoms with Gasteiger partial charge >= 0.3 is 0 Å². The number of hydrogen-bond acceptors (Lipinski definition) is 3. The molecular formula is C16H23Cl2N3O2. The van der Waals surface area contributed by atoms with E-state index in [1.165, 1.54) is 6.92 Å². The van der Waals surface area contributed by atoms with Gasteiger partial charge in [0, 0.05) is 25.0 Å². The highest BCUT2D eigenvalue weighted by atomic mass is 35.5. The van der Waals surface area contributed by atoms with Crippen LogP contribution >= 0.6 is 24.0 Å². The van der Waals surface area contributed by atoms with E-state index in [1.807, 2.05) is 17.0 Å². The van der Waals surface area contributed by atoms with E-state index >= 15 is 0 Å². The SMILES string of the molecule is CC(=O)NC(CC(=O)N1CCC(CN)C1)c1ccc(Cl)cc1.Cl. The monoisotopic (exact) mass is 359 g/mol. The number of rotatable bonds is 5. The Morgan fingerprint density at radius 1 is 1.39 bits per heavy atom. The van der Waals surface area contributed by atoms with Gasteiger partial charge in [0.1, 0.15) is 0 Å². The Morgan fingerprint density at radius 3 is 2.57 bits per heavy atom. The molecule has 1 aromatic carbocycles. The first-order valence-electron chi connectivity index (χ1n) is 7.50. The second-order valence-electron chi connectivity index (χ2n) is 5.74. The van der Waals surface area contributed by atoms with Gasteiger partial charge in [0.2, 0.25) is 11.8 Å². The summed E-state index contributed by atoms with van der Waals surface area (Å²) in [6.07, 6.45) is 1.20. The molecule has 1 heterocycles. The van der Waals surface area contributed by atoms with E-state index in [4.69, 9.17) is 17.3 Å². The molecule has 2 atom stereocenters. The molecule has 128 valence electrons. The summed E-state index contributed by atoms with van der Waals surface area (Å²) in [6, 6.07) is 6.86. The number of likely N-dealkylation sites (tertiary alicyclic amines) is 1. The molecule has 3 N–H and O–H groups in total. The van der Waals surface area contributed by atoms with Crippen LogP contribution in [0.1, 0.15) is 31.4 Å². The van der Waals surface area contributed by atoms with E-state index in [-0.39, 0.29) is 36.7 Å². The summed E-state index contributed by atoms with van der Waals surface area (Å²) in [6.45, 7) is 3.51. The lowest BCUT2D eigenvalue weighted by Crippen LogP contribution is -2.35. The predicted octanol–water partition coefficient (Wildman–Crippen LogP) is 2.14. The van der Waals surface area contributed by atoms with Crippen molar-refractivity contribution in [1.82, 2.24) is 10.2 Å². The molecule has 0 radical (unpaired) electrons. The van der Waals surface area contributed by atoms with Crippen LogP contribution < -0.4 is 11.1 Å². The van der Waals surface area contributed by atoms with Crippen molar-refractivity contribution in [2.45, 2.75) is 25.8 Å². The van der Waals surface area contributed by atoms with Gasteiger partial charge in [-0.25, -0.2) is 0 Å². The molecule has 0 bridgehead atoms. The van der Waals surface area contributed by atoms with Crippen molar-refractivity contribution in [2.75, 3.05) is 19.6 Å². The molecule has 1 fully saturated rings. The summed E-state index contributed by atoms with van der Waals surface area (Å²) in [7, 11) is 0. The molecule has 0 aromatic heterocycles. The summed E-state index contributed by atoms with van der Waals surface area (Å²) in [5.74, 6) is 0.275. The van der Waals surface area contributed by atoms with E-state index in [1.54, 1.807) is 12.1 Å². The molecule has 1 saturated heterocycles. The minimum atomic E-state index is -0.334. The molecule has 0 saturated carbocycles. The van der Waals surface area contributed by atoms with Crippen molar-refractivity contribution in [3.63, 3.8) is 0 Å². The smallest absolute Gasteiger partial charge is 0.224 e. The Labute approximate surface area is 148 Å². The number of nitrogens with two attached hydrogens (primary N) is 1. The number of carbonyl (C=O) groups excluding carboxylic acids is 2. The highest BCUT2D eigenvalue weighted by molar-refractivity contribution is 6.30. The first kappa shape index (κ1) is 19.7. The average molecular weight is 360 g/mol. The second kappa shape index (κ2) is 9.11. The van der Waals surface area contributed by atoms with Crippen LogP contribution in [0.25, 0.3) is 0 Å². The van der Waals surface area contributed by atoms with Crippen molar-refractivity contribution in [3.05, 3.63) is 34.9 Å². The van der Waals surface area contributed by atoms with Crippen molar-refractivity contribution < 1.29 is 9.59 Å². The minimum Gasteiger partial charge on any atom is -0.349 e. The zero-order chi connectivity index (χ0) is 16.1. The number of halogens is 2. The van der Waals surface area contributed by atoms with Gasteiger partial charge < -0.3 is 16.0 Å². The Morgan fingerprint density at radius 2 is 2.04 bits per heavy atom. The van der Waals surface area contributed by atoms with Gasteiger partial charge in [-0.05, 0) is 36.6 Å².